The Balaban J connectivity index is 2.57. The van der Waals surface area contributed by atoms with Crippen molar-refractivity contribution in [3.63, 3.8) is 0 Å². The molecule has 1 aromatic rings. The highest BCUT2D eigenvalue weighted by atomic mass is 32.1. The van der Waals surface area contributed by atoms with E-state index in [9.17, 15) is 4.79 Å². The first kappa shape index (κ1) is 22.3. The number of rotatable bonds is 10. The number of nitrogens with zero attached hydrogens (tertiary/aromatic N) is 1. The maximum Gasteiger partial charge on any atom is 0.257 e. The average molecular weight is 386 g/mol. The van der Waals surface area contributed by atoms with Gasteiger partial charge in [0.15, 0.2) is 12.4 Å². The third kappa shape index (κ3) is 10.7. The number of aryl methyl sites for hydroxylation is 1. The molecule has 3 N–H and O–H groups in total. The van der Waals surface area contributed by atoms with E-state index in [2.05, 4.69) is 68.9 Å². The molecule has 0 fully saturated rings. The molecule has 1 rings (SSSR count). The summed E-state index contributed by atoms with van der Waals surface area (Å²) in [4.78, 5) is 12.3. The van der Waals surface area contributed by atoms with E-state index in [1.807, 2.05) is 36.1 Å². The number of amides is 1. The van der Waals surface area contributed by atoms with Gasteiger partial charge >= 0.3 is 0 Å². The molecule has 0 aliphatic carbocycles. The fourth-order valence-corrected chi connectivity index (χ4v) is 2.41. The Morgan fingerprint density at radius 2 is 1.80 bits per heavy atom. The Kier molecular flexibility index (Phi) is 8.74. The van der Waals surface area contributed by atoms with Crippen LogP contribution in [0.1, 0.15) is 38.1 Å². The van der Waals surface area contributed by atoms with Gasteiger partial charge in [-0.05, 0) is 33.8 Å². The molecule has 0 radical (unpaired) electrons. The third-order valence-electron chi connectivity index (χ3n) is 3.48. The molecule has 0 aliphatic rings. The number of carbonyl (C=O) groups excluding carboxylic acids is 1. The van der Waals surface area contributed by atoms with Gasteiger partial charge in [-0.2, -0.15) is 25.3 Å². The highest BCUT2D eigenvalue weighted by Crippen LogP contribution is 2.10. The van der Waals surface area contributed by atoms with Gasteiger partial charge in [-0.15, -0.1) is 0 Å². The molecule has 0 saturated carbocycles. The number of hydrogen-bond donors (Lipinski definition) is 5. The molecule has 1 unspecified atom stereocenters. The summed E-state index contributed by atoms with van der Waals surface area (Å²) in [5, 5.41) is 9.91. The Morgan fingerprint density at radius 1 is 1.16 bits per heavy atom. The fraction of sp³-hybridized carbons (Fsp3) is 0.667. The monoisotopic (exact) mass is 385 g/mol. The number of aromatic nitrogens is 1. The van der Waals surface area contributed by atoms with E-state index >= 15 is 0 Å². The van der Waals surface area contributed by atoms with Gasteiger partial charge in [-0.3, -0.25) is 4.79 Å². The van der Waals surface area contributed by atoms with E-state index in [4.69, 9.17) is 0 Å². The second-order valence-corrected chi connectivity index (χ2v) is 10.2. The van der Waals surface area contributed by atoms with Gasteiger partial charge in [0.25, 0.3) is 5.91 Å². The van der Waals surface area contributed by atoms with Crippen LogP contribution in [0.2, 0.25) is 0 Å². The maximum absolute atomic E-state index is 12.3. The Labute approximate surface area is 163 Å². The molecule has 0 bridgehead atoms. The Bertz CT molecular complexity index is 553. The van der Waals surface area contributed by atoms with Crippen molar-refractivity contribution in [2.24, 2.45) is 7.05 Å². The molecule has 1 heterocycles. The van der Waals surface area contributed by atoms with E-state index in [-0.39, 0.29) is 21.4 Å². The largest absolute Gasteiger partial charge is 0.350 e. The van der Waals surface area contributed by atoms with Gasteiger partial charge in [-0.1, -0.05) is 0 Å². The van der Waals surface area contributed by atoms with E-state index in [1.165, 1.54) is 0 Å². The van der Waals surface area contributed by atoms with Crippen LogP contribution >= 0.6 is 25.3 Å². The summed E-state index contributed by atoms with van der Waals surface area (Å²) < 4.78 is 1.68. The predicted octanol–water partition coefficient (Wildman–Crippen LogP) is 1.21. The molecule has 7 heteroatoms. The third-order valence-corrected chi connectivity index (χ3v) is 3.80. The van der Waals surface area contributed by atoms with E-state index in [0.717, 1.165) is 19.6 Å². The molecule has 0 aromatic carbocycles. The highest BCUT2D eigenvalue weighted by Gasteiger charge is 2.18. The average Bonchev–Trinajstić information content (AvgIpc) is 2.47. The van der Waals surface area contributed by atoms with Gasteiger partial charge in [-0.25, -0.2) is 4.57 Å². The first-order valence-corrected chi connectivity index (χ1v) is 9.48. The lowest BCUT2D eigenvalue weighted by atomic mass is 10.1. The quantitative estimate of drug-likeness (QED) is 0.311. The van der Waals surface area contributed by atoms with E-state index in [0.29, 0.717) is 12.1 Å². The minimum absolute atomic E-state index is 0.0670. The van der Waals surface area contributed by atoms with Crippen molar-refractivity contribution < 1.29 is 9.36 Å². The zero-order valence-corrected chi connectivity index (χ0v) is 17.8. The summed E-state index contributed by atoms with van der Waals surface area (Å²) in [6.45, 7) is 11.1. The van der Waals surface area contributed by atoms with Crippen LogP contribution in [0.5, 0.6) is 0 Å². The lowest BCUT2D eigenvalue weighted by Gasteiger charge is -2.26. The van der Waals surface area contributed by atoms with Crippen LogP contribution in [-0.2, 0) is 7.05 Å². The van der Waals surface area contributed by atoms with Gasteiger partial charge < -0.3 is 16.0 Å². The van der Waals surface area contributed by atoms with E-state index in [1.54, 1.807) is 0 Å². The standard InChI is InChI=1S/C18H32N4OS2/c1-17(2,24)12-19-9-15(21-13-18(3,4)25)10-20-16(23)14-7-6-8-22(5)11-14/h6-8,11,15,19,21H,9-10,12-13H2,1-5H3,(H2-,20,23,24,25)/p+1. The lowest BCUT2D eigenvalue weighted by Crippen LogP contribution is -2.50. The molecular formula is C18H33N4OS2+. The summed E-state index contributed by atoms with van der Waals surface area (Å²) in [5.74, 6) is -0.0670. The molecule has 1 atom stereocenters. The maximum atomic E-state index is 12.3. The Hall–Kier alpha value is -0.760. The summed E-state index contributed by atoms with van der Waals surface area (Å²) in [6, 6.07) is 3.80. The van der Waals surface area contributed by atoms with Gasteiger partial charge in [0.2, 0.25) is 0 Å². The smallest absolute Gasteiger partial charge is 0.257 e. The van der Waals surface area contributed by atoms with Crippen molar-refractivity contribution in [3.8, 4) is 0 Å². The van der Waals surface area contributed by atoms with E-state index < -0.39 is 0 Å². The molecule has 142 valence electrons. The summed E-state index contributed by atoms with van der Waals surface area (Å²) >= 11 is 9.09. The second kappa shape index (κ2) is 9.80. The van der Waals surface area contributed by atoms with Crippen molar-refractivity contribution in [1.29, 1.82) is 0 Å². The minimum atomic E-state index is -0.113. The Morgan fingerprint density at radius 3 is 2.36 bits per heavy atom. The minimum Gasteiger partial charge on any atom is -0.350 e. The molecular weight excluding hydrogens is 352 g/mol. The van der Waals surface area contributed by atoms with Crippen LogP contribution in [0, 0.1) is 0 Å². The summed E-state index contributed by atoms with van der Waals surface area (Å²) in [7, 11) is 1.90. The van der Waals surface area contributed by atoms with Crippen molar-refractivity contribution in [2.45, 2.75) is 43.2 Å². The SMILES string of the molecule is C[n+]1cccc(C(=O)NCC(CNCC(C)(C)S)NCC(C)(C)S)c1. The second-order valence-electron chi connectivity index (χ2n) is 7.80. The molecule has 1 aromatic heterocycles. The number of pyridine rings is 1. The lowest BCUT2D eigenvalue weighted by molar-refractivity contribution is -0.671. The number of carbonyl (C=O) groups is 1. The van der Waals surface area contributed by atoms with Crippen LogP contribution in [0.3, 0.4) is 0 Å². The van der Waals surface area contributed by atoms with Gasteiger partial charge in [0, 0.05) is 47.8 Å². The molecule has 1 amide bonds. The molecule has 5 nitrogen and oxygen atoms in total. The van der Waals surface area contributed by atoms with Crippen LogP contribution in [0.15, 0.2) is 24.5 Å². The first-order valence-electron chi connectivity index (χ1n) is 8.59. The predicted molar refractivity (Wildman–Crippen MR) is 111 cm³/mol. The summed E-state index contributed by atoms with van der Waals surface area (Å²) in [6.07, 6.45) is 3.72. The van der Waals surface area contributed by atoms with Crippen LogP contribution in [0.4, 0.5) is 0 Å². The highest BCUT2D eigenvalue weighted by molar-refractivity contribution is 7.82. The number of nitrogens with one attached hydrogen (secondary N) is 3. The normalized spacial score (nSPS) is 13.6. The summed E-state index contributed by atoms with van der Waals surface area (Å²) in [5.41, 5.74) is 0.655. The molecule has 0 aliphatic heterocycles. The molecule has 0 spiro atoms. The number of hydrogen-bond acceptors (Lipinski definition) is 5. The fourth-order valence-electron chi connectivity index (χ4n) is 2.20. The van der Waals surface area contributed by atoms with Crippen molar-refractivity contribution in [1.82, 2.24) is 16.0 Å². The van der Waals surface area contributed by atoms with Crippen LogP contribution in [-0.4, -0.2) is 47.6 Å². The topological polar surface area (TPSA) is 57.0 Å². The van der Waals surface area contributed by atoms with Gasteiger partial charge in [0.05, 0.1) is 0 Å². The number of thiol groups is 2. The first-order chi connectivity index (χ1) is 11.5. The van der Waals surface area contributed by atoms with Crippen LogP contribution < -0.4 is 20.5 Å². The molecule has 0 saturated heterocycles. The van der Waals surface area contributed by atoms with Crippen molar-refractivity contribution in [2.75, 3.05) is 26.2 Å². The van der Waals surface area contributed by atoms with Crippen molar-refractivity contribution in [3.05, 3.63) is 30.1 Å². The zero-order valence-electron chi connectivity index (χ0n) is 16.0. The molecule has 25 heavy (non-hydrogen) atoms. The zero-order chi connectivity index (χ0) is 19.1. The van der Waals surface area contributed by atoms with Crippen LogP contribution in [0.25, 0.3) is 0 Å². The van der Waals surface area contributed by atoms with Crippen molar-refractivity contribution >= 4 is 31.2 Å². The van der Waals surface area contributed by atoms with Gasteiger partial charge in [0.1, 0.15) is 12.6 Å².